The molecule has 2 aromatic heterocycles. The van der Waals surface area contributed by atoms with Crippen molar-refractivity contribution in [2.45, 2.75) is 11.9 Å². The molecule has 0 saturated carbocycles. The van der Waals surface area contributed by atoms with Crippen molar-refractivity contribution in [3.05, 3.63) is 38.5 Å². The van der Waals surface area contributed by atoms with Crippen molar-refractivity contribution in [2.75, 3.05) is 0 Å². The third kappa shape index (κ3) is 2.75. The maximum absolute atomic E-state index is 6.03. The van der Waals surface area contributed by atoms with Crippen molar-refractivity contribution >= 4 is 50.5 Å². The van der Waals surface area contributed by atoms with Crippen LogP contribution in [-0.2, 0) is 11.9 Å². The number of hydrogen-bond donors (Lipinski definition) is 0. The molecule has 0 saturated heterocycles. The zero-order valence-electron chi connectivity index (χ0n) is 7.58. The second-order valence-corrected chi connectivity index (χ2v) is 5.87. The molecule has 0 aliphatic carbocycles. The highest BCUT2D eigenvalue weighted by molar-refractivity contribution is 9.08. The average molecular weight is 326 g/mol. The molecule has 0 unspecified atom stereocenters. The van der Waals surface area contributed by atoms with E-state index in [-0.39, 0.29) is 0 Å². The number of thiophene rings is 1. The highest BCUT2D eigenvalue weighted by atomic mass is 79.9. The minimum absolute atomic E-state index is 0.710. The van der Waals surface area contributed by atoms with Crippen LogP contribution in [0.4, 0.5) is 0 Å². The maximum Gasteiger partial charge on any atom is 0.0994 e. The summed E-state index contributed by atoms with van der Waals surface area (Å²) in [6.45, 7) is 0.710. The first-order valence-electron chi connectivity index (χ1n) is 4.19. The Balaban J connectivity index is 2.17. The van der Waals surface area contributed by atoms with Crippen LogP contribution in [0.5, 0.6) is 0 Å². The van der Waals surface area contributed by atoms with Crippen LogP contribution < -0.4 is 0 Å². The van der Waals surface area contributed by atoms with E-state index in [0.29, 0.717) is 6.54 Å². The van der Waals surface area contributed by atoms with Crippen LogP contribution in [-0.4, -0.2) is 9.55 Å². The summed E-state index contributed by atoms with van der Waals surface area (Å²) in [4.78, 5) is 4.21. The summed E-state index contributed by atoms with van der Waals surface area (Å²) in [7, 11) is 0. The molecule has 0 aliphatic heterocycles. The van der Waals surface area contributed by atoms with Gasteiger partial charge in [0.25, 0.3) is 0 Å². The summed E-state index contributed by atoms with van der Waals surface area (Å²) >= 11 is 16.6. The average Bonchev–Trinajstić information content (AvgIpc) is 2.75. The van der Waals surface area contributed by atoms with Gasteiger partial charge in [0, 0.05) is 17.1 Å². The van der Waals surface area contributed by atoms with Crippen molar-refractivity contribution in [1.29, 1.82) is 0 Å². The van der Waals surface area contributed by atoms with E-state index in [2.05, 4.69) is 20.9 Å². The van der Waals surface area contributed by atoms with Crippen LogP contribution in [0, 0.1) is 0 Å². The van der Waals surface area contributed by atoms with E-state index in [0.717, 1.165) is 25.3 Å². The molecule has 0 radical (unpaired) electrons. The molecule has 2 heterocycles. The molecule has 0 N–H and O–H groups in total. The summed E-state index contributed by atoms with van der Waals surface area (Å²) in [6.07, 6.45) is 3.77. The van der Waals surface area contributed by atoms with Gasteiger partial charge >= 0.3 is 0 Å². The fraction of sp³-hybridized carbons (Fsp3) is 0.222. The first-order valence-corrected chi connectivity index (χ1v) is 6.88. The molecule has 6 heteroatoms. The number of halogens is 3. The fourth-order valence-electron chi connectivity index (χ4n) is 1.24. The molecule has 0 spiro atoms. The van der Waals surface area contributed by atoms with Gasteiger partial charge in [-0.3, -0.25) is 0 Å². The van der Waals surface area contributed by atoms with Crippen molar-refractivity contribution in [3.8, 4) is 0 Å². The zero-order valence-corrected chi connectivity index (χ0v) is 11.5. The third-order valence-corrected chi connectivity index (χ3v) is 4.05. The first-order chi connectivity index (χ1) is 7.19. The molecule has 0 fully saturated rings. The van der Waals surface area contributed by atoms with Gasteiger partial charge in [-0.05, 0) is 6.07 Å². The molecule has 0 aliphatic rings. The van der Waals surface area contributed by atoms with E-state index in [9.17, 15) is 0 Å². The van der Waals surface area contributed by atoms with E-state index < -0.39 is 0 Å². The van der Waals surface area contributed by atoms with E-state index in [1.165, 1.54) is 11.3 Å². The number of rotatable bonds is 3. The Morgan fingerprint density at radius 3 is 2.80 bits per heavy atom. The van der Waals surface area contributed by atoms with Crippen LogP contribution in [0.2, 0.25) is 8.67 Å². The standard InChI is InChI=1S/C9H7BrCl2N2S/c10-2-7-4-14(5-13-7)3-6-1-8(11)15-9(6)12/h1,4-5H,2-3H2. The summed E-state index contributed by atoms with van der Waals surface area (Å²) in [5.74, 6) is 0. The number of alkyl halides is 1. The van der Waals surface area contributed by atoms with Crippen LogP contribution >= 0.6 is 50.5 Å². The highest BCUT2D eigenvalue weighted by Crippen LogP contribution is 2.31. The summed E-state index contributed by atoms with van der Waals surface area (Å²) < 4.78 is 3.45. The minimum atomic E-state index is 0.710. The number of aromatic nitrogens is 2. The van der Waals surface area contributed by atoms with Gasteiger partial charge in [-0.1, -0.05) is 39.1 Å². The molecule has 80 valence electrons. The first kappa shape index (κ1) is 11.5. The lowest BCUT2D eigenvalue weighted by atomic mass is 10.3. The van der Waals surface area contributed by atoms with E-state index in [1.807, 2.05) is 16.8 Å². The molecule has 0 aromatic carbocycles. The van der Waals surface area contributed by atoms with Crippen molar-refractivity contribution in [3.63, 3.8) is 0 Å². The largest absolute Gasteiger partial charge is 0.333 e. The van der Waals surface area contributed by atoms with Gasteiger partial charge < -0.3 is 4.57 Å². The van der Waals surface area contributed by atoms with Gasteiger partial charge in [0.2, 0.25) is 0 Å². The Labute approximate surface area is 110 Å². The van der Waals surface area contributed by atoms with Gasteiger partial charge in [-0.25, -0.2) is 4.98 Å². The monoisotopic (exact) mass is 324 g/mol. The summed E-state index contributed by atoms with van der Waals surface area (Å²) in [5, 5.41) is 0.762. The third-order valence-electron chi connectivity index (χ3n) is 1.90. The van der Waals surface area contributed by atoms with Crippen LogP contribution in [0.3, 0.4) is 0 Å². The Kier molecular flexibility index (Phi) is 3.72. The van der Waals surface area contributed by atoms with Gasteiger partial charge in [0.1, 0.15) is 0 Å². The van der Waals surface area contributed by atoms with Gasteiger partial charge in [0.05, 0.1) is 27.2 Å². The van der Waals surface area contributed by atoms with E-state index >= 15 is 0 Å². The fourth-order valence-corrected chi connectivity index (χ4v) is 3.00. The SMILES string of the molecule is Clc1cc(Cn2cnc(CBr)c2)c(Cl)s1. The Morgan fingerprint density at radius 2 is 2.27 bits per heavy atom. The molecule has 15 heavy (non-hydrogen) atoms. The number of hydrogen-bond acceptors (Lipinski definition) is 2. The lowest BCUT2D eigenvalue weighted by Gasteiger charge is -1.99. The Morgan fingerprint density at radius 1 is 1.47 bits per heavy atom. The molecule has 2 aromatic rings. The molecule has 0 amide bonds. The predicted molar refractivity (Wildman–Crippen MR) is 68.3 cm³/mol. The molecular weight excluding hydrogens is 319 g/mol. The van der Waals surface area contributed by atoms with Crippen LogP contribution in [0.1, 0.15) is 11.3 Å². The predicted octanol–water partition coefficient (Wildman–Crippen LogP) is 4.19. The Hall–Kier alpha value is -0.0300. The molecule has 2 nitrogen and oxygen atoms in total. The van der Waals surface area contributed by atoms with Gasteiger partial charge in [-0.15, -0.1) is 11.3 Å². The molecular formula is C9H7BrCl2N2S. The minimum Gasteiger partial charge on any atom is -0.333 e. The van der Waals surface area contributed by atoms with E-state index in [4.69, 9.17) is 23.2 Å². The smallest absolute Gasteiger partial charge is 0.0994 e. The second-order valence-electron chi connectivity index (χ2n) is 3.02. The van der Waals surface area contributed by atoms with Gasteiger partial charge in [0.15, 0.2) is 0 Å². The quantitative estimate of drug-likeness (QED) is 0.773. The van der Waals surface area contributed by atoms with Crippen LogP contribution in [0.25, 0.3) is 0 Å². The number of nitrogens with zero attached hydrogens (tertiary/aromatic N) is 2. The van der Waals surface area contributed by atoms with E-state index in [1.54, 1.807) is 6.33 Å². The lowest BCUT2D eigenvalue weighted by Crippen LogP contribution is -1.94. The lowest BCUT2D eigenvalue weighted by molar-refractivity contribution is 0.800. The second kappa shape index (κ2) is 4.87. The Bertz CT molecular complexity index is 466. The zero-order chi connectivity index (χ0) is 10.8. The normalized spacial score (nSPS) is 10.9. The van der Waals surface area contributed by atoms with Gasteiger partial charge in [-0.2, -0.15) is 0 Å². The maximum atomic E-state index is 6.03. The summed E-state index contributed by atoms with van der Waals surface area (Å²) in [5.41, 5.74) is 2.04. The van der Waals surface area contributed by atoms with Crippen molar-refractivity contribution < 1.29 is 0 Å². The highest BCUT2D eigenvalue weighted by Gasteiger charge is 2.06. The summed E-state index contributed by atoms with van der Waals surface area (Å²) in [6, 6.07) is 1.89. The molecule has 0 atom stereocenters. The molecule has 2 rings (SSSR count). The molecule has 0 bridgehead atoms. The van der Waals surface area contributed by atoms with Crippen molar-refractivity contribution in [2.24, 2.45) is 0 Å². The van der Waals surface area contributed by atoms with Crippen molar-refractivity contribution in [1.82, 2.24) is 9.55 Å². The van der Waals surface area contributed by atoms with Crippen LogP contribution in [0.15, 0.2) is 18.6 Å². The topological polar surface area (TPSA) is 17.8 Å². The number of imidazole rings is 1.